The Bertz CT molecular complexity index is 1680. The van der Waals surface area contributed by atoms with Gasteiger partial charge in [-0.2, -0.15) is 0 Å². The highest BCUT2D eigenvalue weighted by Crippen LogP contribution is 2.35. The number of aliphatic hydroxyl groups excluding tert-OH is 4. The number of ether oxygens (including phenoxy) is 8. The summed E-state index contributed by atoms with van der Waals surface area (Å²) in [5.41, 5.74) is 0.594. The highest BCUT2D eigenvalue weighted by Gasteiger charge is 2.48. The van der Waals surface area contributed by atoms with Gasteiger partial charge in [0.2, 0.25) is 0 Å². The number of carbonyl (C=O) groups excluding carboxylic acids is 2. The second-order valence-electron chi connectivity index (χ2n) is 17.3. The highest BCUT2D eigenvalue weighted by molar-refractivity contribution is 5.91. The van der Waals surface area contributed by atoms with Crippen LogP contribution >= 0.6 is 0 Å². The zero-order chi connectivity index (χ0) is 46.7. The Morgan fingerprint density at radius 3 is 2.11 bits per heavy atom. The molecule has 2 saturated heterocycles. The number of nitro benzene ring substituents is 1. The van der Waals surface area contributed by atoms with Crippen molar-refractivity contribution >= 4 is 17.4 Å². The van der Waals surface area contributed by atoms with E-state index in [2.05, 4.69) is 0 Å². The number of likely N-dealkylation sites (N-methyl/N-ethyl adjacent to an activating group) is 1. The second kappa shape index (κ2) is 24.2. The Kier molecular flexibility index (Phi) is 20.1. The Morgan fingerprint density at radius 1 is 0.873 bits per heavy atom. The molecule has 0 unspecified atom stereocenters. The van der Waals surface area contributed by atoms with Crippen LogP contribution in [0.4, 0.5) is 5.69 Å². The van der Waals surface area contributed by atoms with Gasteiger partial charge in [0.15, 0.2) is 18.4 Å². The molecular formula is C45H70N2O16. The van der Waals surface area contributed by atoms with Crippen molar-refractivity contribution in [1.29, 1.82) is 0 Å². The van der Waals surface area contributed by atoms with Gasteiger partial charge < -0.3 is 63.2 Å². The number of esters is 1. The number of allylic oxidation sites excluding steroid dienone is 3. The molecule has 0 saturated carbocycles. The van der Waals surface area contributed by atoms with E-state index in [-0.39, 0.29) is 37.5 Å². The van der Waals surface area contributed by atoms with Crippen molar-refractivity contribution in [1.82, 2.24) is 4.90 Å². The lowest BCUT2D eigenvalue weighted by Gasteiger charge is -2.46. The molecule has 4 N–H and O–H groups in total. The lowest BCUT2D eigenvalue weighted by atomic mass is 9.79. The summed E-state index contributed by atoms with van der Waals surface area (Å²) in [6.45, 7) is 10.6. The van der Waals surface area contributed by atoms with Crippen molar-refractivity contribution in [3.05, 3.63) is 58.2 Å². The largest absolute Gasteiger partial charge is 0.494 e. The molecule has 2 fully saturated rings. The monoisotopic (exact) mass is 894 g/mol. The van der Waals surface area contributed by atoms with Crippen LogP contribution in [0.3, 0.4) is 0 Å². The van der Waals surface area contributed by atoms with E-state index < -0.39 is 121 Å². The number of hydrogen-bond donors (Lipinski definition) is 4. The van der Waals surface area contributed by atoms with Gasteiger partial charge in [-0.25, -0.2) is 0 Å². The number of benzene rings is 1. The lowest BCUT2D eigenvalue weighted by molar-refractivity contribution is -0.384. The van der Waals surface area contributed by atoms with Gasteiger partial charge in [-0.05, 0) is 78.3 Å². The van der Waals surface area contributed by atoms with E-state index in [0.717, 1.165) is 0 Å². The highest BCUT2D eigenvalue weighted by atomic mass is 16.7. The molecule has 18 heteroatoms. The van der Waals surface area contributed by atoms with Crippen molar-refractivity contribution in [2.45, 2.75) is 147 Å². The number of rotatable bonds is 14. The molecule has 0 amide bonds. The average Bonchev–Trinajstić information content (AvgIpc) is 3.24. The summed E-state index contributed by atoms with van der Waals surface area (Å²) >= 11 is 0. The smallest absolute Gasteiger partial charge is 0.308 e. The summed E-state index contributed by atoms with van der Waals surface area (Å²) in [5, 5.41) is 56.2. The fraction of sp³-hybridized carbons (Fsp3) is 0.733. The van der Waals surface area contributed by atoms with Crippen LogP contribution in [-0.2, 0) is 42.7 Å². The predicted molar refractivity (Wildman–Crippen MR) is 228 cm³/mol. The zero-order valence-corrected chi connectivity index (χ0v) is 38.2. The van der Waals surface area contributed by atoms with Crippen LogP contribution < -0.4 is 4.74 Å². The van der Waals surface area contributed by atoms with Gasteiger partial charge in [-0.1, -0.05) is 38.5 Å². The van der Waals surface area contributed by atoms with Gasteiger partial charge in [0, 0.05) is 44.1 Å². The van der Waals surface area contributed by atoms with Gasteiger partial charge in [0.1, 0.15) is 36.3 Å². The standard InChI is InChI=1S/C45H70N2O16/c1-11-35-30(23-59-45-43(57-10)42(56-9)39(52)28(6)61-45)20-24(2)12-17-33(48)25(3)21-29(18-19-58-32-15-13-31(14-16-32)47(54)55)41(26(4)34(49)22-36(50)62-35)63-44-40(53)37(46(7)8)38(51)27(5)60-44/h12-17,20,25-30,34-35,37-45,49,51-53H,11,18-19,21-23H2,1-10H3/b17-12+,24-20+/t25-,26+,27-,28-,29+,30-,34-,35-,37+,38-,39-,40-,41-,42-,43-,44+,45-/m1/s1. The number of cyclic esters (lactones) is 1. The van der Waals surface area contributed by atoms with Crippen molar-refractivity contribution in [2.75, 3.05) is 41.5 Å². The molecule has 1 aromatic carbocycles. The van der Waals surface area contributed by atoms with Crippen LogP contribution in [0.1, 0.15) is 67.2 Å². The van der Waals surface area contributed by atoms with Crippen LogP contribution in [0.2, 0.25) is 0 Å². The predicted octanol–water partition coefficient (Wildman–Crippen LogP) is 3.35. The number of hydrogen-bond acceptors (Lipinski definition) is 17. The summed E-state index contributed by atoms with van der Waals surface area (Å²) in [7, 11) is 6.36. The summed E-state index contributed by atoms with van der Waals surface area (Å²) in [4.78, 5) is 40.1. The second-order valence-corrected chi connectivity index (χ2v) is 17.3. The first-order valence-corrected chi connectivity index (χ1v) is 21.8. The third kappa shape index (κ3) is 13.8. The van der Waals surface area contributed by atoms with Crippen molar-refractivity contribution in [3.8, 4) is 5.75 Å². The Morgan fingerprint density at radius 2 is 1.51 bits per heavy atom. The molecule has 1 aromatic rings. The van der Waals surface area contributed by atoms with Gasteiger partial charge in [-0.3, -0.25) is 19.7 Å². The quantitative estimate of drug-likeness (QED) is 0.119. The first kappa shape index (κ1) is 52.2. The molecule has 4 rings (SSSR count). The lowest BCUT2D eigenvalue weighted by Crippen LogP contribution is -2.63. The number of nitrogens with zero attached hydrogens (tertiary/aromatic N) is 2. The van der Waals surface area contributed by atoms with Crippen LogP contribution in [0, 0.1) is 33.8 Å². The summed E-state index contributed by atoms with van der Waals surface area (Å²) in [6.07, 6.45) is -6.00. The molecule has 3 aliphatic rings. The fourth-order valence-electron chi connectivity index (χ4n) is 8.68. The topological polar surface area (TPSA) is 235 Å². The molecule has 63 heavy (non-hydrogen) atoms. The molecule has 3 aliphatic heterocycles. The van der Waals surface area contributed by atoms with E-state index in [1.165, 1.54) is 44.6 Å². The summed E-state index contributed by atoms with van der Waals surface area (Å²) in [6, 6.07) is 4.86. The third-order valence-electron chi connectivity index (χ3n) is 12.5. The summed E-state index contributed by atoms with van der Waals surface area (Å²) in [5.74, 6) is -2.98. The third-order valence-corrected chi connectivity index (χ3v) is 12.5. The van der Waals surface area contributed by atoms with Gasteiger partial charge >= 0.3 is 5.97 Å². The minimum absolute atomic E-state index is 0.00559. The Hall–Kier alpha value is -3.40. The van der Waals surface area contributed by atoms with Crippen LogP contribution in [-0.4, -0.2) is 163 Å². The fourth-order valence-corrected chi connectivity index (χ4v) is 8.68. The number of methoxy groups -OCH3 is 2. The number of carbonyl (C=O) groups is 2. The van der Waals surface area contributed by atoms with Crippen molar-refractivity contribution in [3.63, 3.8) is 0 Å². The van der Waals surface area contributed by atoms with E-state index in [1.807, 2.05) is 19.9 Å². The molecule has 356 valence electrons. The summed E-state index contributed by atoms with van der Waals surface area (Å²) < 4.78 is 48.2. The molecule has 17 atom stereocenters. The number of non-ortho nitro benzene ring substituents is 1. The molecule has 0 aliphatic carbocycles. The van der Waals surface area contributed by atoms with Crippen LogP contribution in [0.5, 0.6) is 5.75 Å². The molecule has 0 bridgehead atoms. The number of aliphatic hydroxyl groups is 4. The van der Waals surface area contributed by atoms with Gasteiger partial charge in [-0.15, -0.1) is 0 Å². The van der Waals surface area contributed by atoms with Crippen molar-refractivity contribution in [2.24, 2.45) is 23.7 Å². The maximum absolute atomic E-state index is 13.9. The van der Waals surface area contributed by atoms with E-state index in [0.29, 0.717) is 17.7 Å². The molecule has 0 spiro atoms. The first-order chi connectivity index (χ1) is 29.8. The first-order valence-electron chi connectivity index (χ1n) is 21.8. The minimum Gasteiger partial charge on any atom is -0.494 e. The molecule has 0 aromatic heterocycles. The van der Waals surface area contributed by atoms with E-state index in [4.69, 9.17) is 37.9 Å². The normalized spacial score (nSPS) is 39.0. The van der Waals surface area contributed by atoms with E-state index in [9.17, 15) is 40.1 Å². The number of nitro groups is 1. The molecule has 0 radical (unpaired) electrons. The van der Waals surface area contributed by atoms with Crippen molar-refractivity contribution < 1.29 is 72.8 Å². The average molecular weight is 895 g/mol. The Balaban J connectivity index is 1.68. The van der Waals surface area contributed by atoms with E-state index >= 15 is 0 Å². The SMILES string of the molecule is CC[C@H]1OC(=O)C[C@@H](O)[C@H](C)[C@@H](O[C@@H]2O[C@H](C)[C@@H](O)[C@H](N(C)C)[C@H]2O)[C@@H](CCOc2ccc([N+](=O)[O-])cc2)C[C@@H](C)C(=O)/C=C/C(C)=C/[C@@H]1CO[C@@H]1O[C@H](C)[C@@H](O)[C@@H](OC)[C@H]1OC. The minimum atomic E-state index is -1.34. The van der Waals surface area contributed by atoms with E-state index in [1.54, 1.807) is 52.8 Å². The van der Waals surface area contributed by atoms with Crippen LogP contribution in [0.25, 0.3) is 0 Å². The number of ketones is 1. The van der Waals surface area contributed by atoms with Gasteiger partial charge in [0.25, 0.3) is 5.69 Å². The Labute approximate surface area is 370 Å². The maximum atomic E-state index is 13.9. The zero-order valence-electron chi connectivity index (χ0n) is 38.2. The van der Waals surface area contributed by atoms with Gasteiger partial charge in [0.05, 0.1) is 61.1 Å². The van der Waals surface area contributed by atoms with Crippen LogP contribution in [0.15, 0.2) is 48.1 Å². The maximum Gasteiger partial charge on any atom is 0.308 e. The molecular weight excluding hydrogens is 824 g/mol. The molecule has 3 heterocycles. The molecule has 18 nitrogen and oxygen atoms in total.